The number of carbonyl (C=O) groups is 1. The molecule has 0 saturated carbocycles. The Labute approximate surface area is 99.4 Å². The third-order valence-corrected chi connectivity index (χ3v) is 3.55. The first-order valence-corrected chi connectivity index (χ1v) is 6.23. The lowest BCUT2D eigenvalue weighted by molar-refractivity contribution is -0.118. The van der Waals surface area contributed by atoms with E-state index in [2.05, 4.69) is 5.32 Å². The van der Waals surface area contributed by atoms with Crippen LogP contribution >= 0.6 is 11.8 Å². The molecule has 2 atom stereocenters. The van der Waals surface area contributed by atoms with Crippen LogP contribution in [0.5, 0.6) is 0 Å². The van der Waals surface area contributed by atoms with Gasteiger partial charge >= 0.3 is 0 Å². The summed E-state index contributed by atoms with van der Waals surface area (Å²) in [5.41, 5.74) is 0. The highest BCUT2D eigenvalue weighted by atomic mass is 32.2. The van der Waals surface area contributed by atoms with Gasteiger partial charge in [-0.15, -0.1) is 11.8 Å². The van der Waals surface area contributed by atoms with Crippen molar-refractivity contribution in [2.45, 2.75) is 31.7 Å². The predicted molar refractivity (Wildman–Crippen MR) is 64.2 cm³/mol. The van der Waals surface area contributed by atoms with Crippen LogP contribution in [0.15, 0.2) is 22.8 Å². The molecule has 0 aliphatic rings. The number of thioether (sulfide) groups is 1. The van der Waals surface area contributed by atoms with E-state index in [0.29, 0.717) is 12.3 Å². The maximum atomic E-state index is 11.4. The third-order valence-electron chi connectivity index (χ3n) is 2.20. The molecule has 5 heteroatoms. The largest absolute Gasteiger partial charge is 0.467 e. The summed E-state index contributed by atoms with van der Waals surface area (Å²) in [7, 11) is 0. The number of amides is 1. The highest BCUT2D eigenvalue weighted by Gasteiger charge is 2.11. The van der Waals surface area contributed by atoms with E-state index in [1.54, 1.807) is 19.3 Å². The number of carbonyl (C=O) groups excluding carboxylic acids is 1. The number of aliphatic hydroxyl groups is 1. The molecule has 0 spiro atoms. The van der Waals surface area contributed by atoms with Crippen LogP contribution in [-0.2, 0) is 11.3 Å². The van der Waals surface area contributed by atoms with Gasteiger partial charge in [0.2, 0.25) is 5.91 Å². The number of nitrogens with one attached hydrogen (secondary N) is 1. The van der Waals surface area contributed by atoms with Crippen molar-refractivity contribution in [2.75, 3.05) is 5.75 Å². The van der Waals surface area contributed by atoms with Crippen molar-refractivity contribution < 1.29 is 14.3 Å². The van der Waals surface area contributed by atoms with Crippen molar-refractivity contribution >= 4 is 17.7 Å². The van der Waals surface area contributed by atoms with Gasteiger partial charge in [-0.05, 0) is 19.1 Å². The summed E-state index contributed by atoms with van der Waals surface area (Å²) >= 11 is 1.44. The number of rotatable bonds is 6. The maximum absolute atomic E-state index is 11.4. The van der Waals surface area contributed by atoms with Crippen LogP contribution in [-0.4, -0.2) is 28.1 Å². The minimum Gasteiger partial charge on any atom is -0.467 e. The number of hydrogen-bond donors (Lipinski definition) is 2. The van der Waals surface area contributed by atoms with Gasteiger partial charge in [-0.2, -0.15) is 0 Å². The van der Waals surface area contributed by atoms with Gasteiger partial charge < -0.3 is 14.8 Å². The first kappa shape index (κ1) is 13.1. The van der Waals surface area contributed by atoms with Crippen LogP contribution in [0.1, 0.15) is 19.6 Å². The molecule has 0 aliphatic carbocycles. The lowest BCUT2D eigenvalue weighted by atomic mass is 10.3. The average Bonchev–Trinajstić information content (AvgIpc) is 2.75. The summed E-state index contributed by atoms with van der Waals surface area (Å²) in [6.45, 7) is 4.03. The Balaban J connectivity index is 2.16. The number of hydrogen-bond acceptors (Lipinski definition) is 4. The molecule has 1 aromatic heterocycles. The SMILES string of the molecule is C[C@H](SCC(=O)NCc1ccco1)[C@@H](C)O. The van der Waals surface area contributed by atoms with Crippen molar-refractivity contribution in [3.8, 4) is 0 Å². The molecule has 1 rings (SSSR count). The highest BCUT2D eigenvalue weighted by molar-refractivity contribution is 8.00. The lowest BCUT2D eigenvalue weighted by Crippen LogP contribution is -2.26. The van der Waals surface area contributed by atoms with Gasteiger partial charge in [0, 0.05) is 5.25 Å². The smallest absolute Gasteiger partial charge is 0.230 e. The second kappa shape index (κ2) is 6.60. The van der Waals surface area contributed by atoms with E-state index in [1.807, 2.05) is 13.0 Å². The van der Waals surface area contributed by atoms with Crippen LogP contribution in [0.3, 0.4) is 0 Å². The standard InChI is InChI=1S/C11H17NO3S/c1-8(13)9(2)16-7-11(14)12-6-10-4-3-5-15-10/h3-5,8-9,13H,6-7H2,1-2H3,(H,12,14)/t8-,9+/m1/s1. The first-order valence-electron chi connectivity index (χ1n) is 5.18. The third kappa shape index (κ3) is 4.72. The minimum absolute atomic E-state index is 0.0473. The van der Waals surface area contributed by atoms with E-state index in [9.17, 15) is 9.90 Å². The van der Waals surface area contributed by atoms with E-state index >= 15 is 0 Å². The Hall–Kier alpha value is -0.940. The molecule has 16 heavy (non-hydrogen) atoms. The van der Waals surface area contributed by atoms with Crippen LogP contribution in [0.4, 0.5) is 0 Å². The molecule has 0 unspecified atom stereocenters. The number of aliphatic hydroxyl groups excluding tert-OH is 1. The molecule has 0 saturated heterocycles. The van der Waals surface area contributed by atoms with Gasteiger partial charge in [0.05, 0.1) is 24.7 Å². The van der Waals surface area contributed by atoms with E-state index in [0.717, 1.165) is 5.76 Å². The molecular weight excluding hydrogens is 226 g/mol. The topological polar surface area (TPSA) is 62.5 Å². The second-order valence-corrected chi connectivity index (χ2v) is 4.98. The fraction of sp³-hybridized carbons (Fsp3) is 0.545. The molecule has 1 aromatic rings. The molecular formula is C11H17NO3S. The molecule has 4 nitrogen and oxygen atoms in total. The summed E-state index contributed by atoms with van der Waals surface area (Å²) in [5, 5.41) is 12.1. The monoisotopic (exact) mass is 243 g/mol. The van der Waals surface area contributed by atoms with E-state index in [-0.39, 0.29) is 11.2 Å². The van der Waals surface area contributed by atoms with Gasteiger partial charge in [-0.1, -0.05) is 6.92 Å². The highest BCUT2D eigenvalue weighted by Crippen LogP contribution is 2.13. The number of furan rings is 1. The van der Waals surface area contributed by atoms with Crippen molar-refractivity contribution in [3.05, 3.63) is 24.2 Å². The minimum atomic E-state index is -0.400. The Bertz CT molecular complexity index is 311. The van der Waals surface area contributed by atoms with Crippen molar-refractivity contribution in [3.63, 3.8) is 0 Å². The molecule has 0 fully saturated rings. The Kier molecular flexibility index (Phi) is 5.42. The zero-order chi connectivity index (χ0) is 12.0. The van der Waals surface area contributed by atoms with Gasteiger partial charge in [-0.25, -0.2) is 0 Å². The Morgan fingerprint density at radius 1 is 1.62 bits per heavy atom. The molecule has 0 bridgehead atoms. The fourth-order valence-corrected chi connectivity index (χ4v) is 1.79. The predicted octanol–water partition coefficient (Wildman–Crippen LogP) is 1.40. The van der Waals surface area contributed by atoms with Crippen LogP contribution in [0.25, 0.3) is 0 Å². The molecule has 2 N–H and O–H groups in total. The van der Waals surface area contributed by atoms with Crippen LogP contribution < -0.4 is 5.32 Å². The van der Waals surface area contributed by atoms with E-state index in [1.165, 1.54) is 11.8 Å². The van der Waals surface area contributed by atoms with Gasteiger partial charge in [-0.3, -0.25) is 4.79 Å². The molecule has 0 aromatic carbocycles. The average molecular weight is 243 g/mol. The summed E-state index contributed by atoms with van der Waals surface area (Å²) in [6.07, 6.45) is 1.18. The zero-order valence-electron chi connectivity index (χ0n) is 9.47. The molecule has 0 aliphatic heterocycles. The van der Waals surface area contributed by atoms with Crippen molar-refractivity contribution in [2.24, 2.45) is 0 Å². The first-order chi connectivity index (χ1) is 7.59. The van der Waals surface area contributed by atoms with Gasteiger partial charge in [0.1, 0.15) is 5.76 Å². The van der Waals surface area contributed by atoms with Crippen molar-refractivity contribution in [1.29, 1.82) is 0 Å². The second-order valence-electron chi connectivity index (χ2n) is 3.61. The Morgan fingerprint density at radius 2 is 2.38 bits per heavy atom. The normalized spacial score (nSPS) is 14.4. The molecule has 1 heterocycles. The Morgan fingerprint density at radius 3 is 2.94 bits per heavy atom. The summed E-state index contributed by atoms with van der Waals surface area (Å²) in [5.74, 6) is 1.04. The summed E-state index contributed by atoms with van der Waals surface area (Å²) in [6, 6.07) is 3.59. The van der Waals surface area contributed by atoms with Crippen molar-refractivity contribution in [1.82, 2.24) is 5.32 Å². The maximum Gasteiger partial charge on any atom is 0.230 e. The zero-order valence-corrected chi connectivity index (χ0v) is 10.3. The van der Waals surface area contributed by atoms with Crippen LogP contribution in [0.2, 0.25) is 0 Å². The molecule has 0 radical (unpaired) electrons. The molecule has 90 valence electrons. The van der Waals surface area contributed by atoms with E-state index < -0.39 is 6.10 Å². The molecule has 1 amide bonds. The quantitative estimate of drug-likeness (QED) is 0.792. The van der Waals surface area contributed by atoms with E-state index in [4.69, 9.17) is 4.42 Å². The van der Waals surface area contributed by atoms with Gasteiger partial charge in [0.15, 0.2) is 0 Å². The summed E-state index contributed by atoms with van der Waals surface area (Å²) < 4.78 is 5.09. The lowest BCUT2D eigenvalue weighted by Gasteiger charge is -2.13. The fourth-order valence-electron chi connectivity index (χ4n) is 0.996. The van der Waals surface area contributed by atoms with Gasteiger partial charge in [0.25, 0.3) is 0 Å². The van der Waals surface area contributed by atoms with Crippen LogP contribution in [0, 0.1) is 0 Å². The summed E-state index contributed by atoms with van der Waals surface area (Å²) in [4.78, 5) is 11.4.